The largest absolute Gasteiger partial charge is 0.378 e. The van der Waals surface area contributed by atoms with Crippen molar-refractivity contribution >= 4 is 17.4 Å². The van der Waals surface area contributed by atoms with Gasteiger partial charge >= 0.3 is 0 Å². The molecule has 0 atom stereocenters. The van der Waals surface area contributed by atoms with Gasteiger partial charge in [0.1, 0.15) is 6.54 Å². The second-order valence-electron chi connectivity index (χ2n) is 7.23. The number of rotatable bonds is 8. The number of ether oxygens (including phenoxy) is 1. The Hall–Kier alpha value is -3.01. The highest BCUT2D eigenvalue weighted by molar-refractivity contribution is 5.75. The molecule has 2 aliphatic rings. The maximum absolute atomic E-state index is 12.1. The normalized spacial score (nSPS) is 16.5. The van der Waals surface area contributed by atoms with Crippen molar-refractivity contribution in [3.8, 4) is 0 Å². The molecule has 2 aromatic rings. The van der Waals surface area contributed by atoms with E-state index in [1.807, 2.05) is 6.07 Å². The van der Waals surface area contributed by atoms with Gasteiger partial charge in [0.2, 0.25) is 5.91 Å². The zero-order valence-corrected chi connectivity index (χ0v) is 16.2. The fourth-order valence-electron chi connectivity index (χ4n) is 3.20. The van der Waals surface area contributed by atoms with E-state index in [1.54, 1.807) is 6.20 Å². The Morgan fingerprint density at radius 2 is 2.03 bits per heavy atom. The van der Waals surface area contributed by atoms with E-state index in [4.69, 9.17) is 4.74 Å². The number of aromatic nitrogens is 4. The number of hydrogen-bond donors (Lipinski definition) is 2. The van der Waals surface area contributed by atoms with Crippen LogP contribution in [0.25, 0.3) is 0 Å². The summed E-state index contributed by atoms with van der Waals surface area (Å²) in [5.74, 6) is 0.837. The van der Waals surface area contributed by atoms with Gasteiger partial charge in [0.25, 0.3) is 5.56 Å². The smallest absolute Gasteiger partial charge is 0.254 e. The molecule has 0 bridgehead atoms. The summed E-state index contributed by atoms with van der Waals surface area (Å²) in [6.45, 7) is 3.95. The molecule has 0 spiro atoms. The van der Waals surface area contributed by atoms with Crippen LogP contribution >= 0.6 is 0 Å². The van der Waals surface area contributed by atoms with Crippen LogP contribution in [-0.2, 0) is 16.1 Å². The molecule has 3 heterocycles. The highest BCUT2D eigenvalue weighted by atomic mass is 16.5. The first-order chi connectivity index (χ1) is 14.2. The first-order valence-electron chi connectivity index (χ1n) is 9.91. The lowest BCUT2D eigenvalue weighted by Crippen LogP contribution is -2.36. The molecule has 1 saturated carbocycles. The van der Waals surface area contributed by atoms with Gasteiger partial charge in [0, 0.05) is 44.2 Å². The van der Waals surface area contributed by atoms with E-state index in [0.29, 0.717) is 38.0 Å². The van der Waals surface area contributed by atoms with Crippen LogP contribution in [0.1, 0.15) is 24.5 Å². The van der Waals surface area contributed by atoms with Crippen molar-refractivity contribution < 1.29 is 9.53 Å². The minimum absolute atomic E-state index is 0.0386. The second kappa shape index (κ2) is 8.99. The van der Waals surface area contributed by atoms with E-state index in [-0.39, 0.29) is 18.0 Å². The average Bonchev–Trinajstić information content (AvgIpc) is 3.59. The fourth-order valence-corrected chi connectivity index (χ4v) is 3.20. The fraction of sp³-hybridized carbons (Fsp3) is 0.526. The Balaban J connectivity index is 1.21. The number of carbonyl (C=O) groups excluding carboxylic acids is 1. The number of nitrogens with zero attached hydrogens (tertiary/aromatic N) is 5. The van der Waals surface area contributed by atoms with Gasteiger partial charge in [0.05, 0.1) is 37.1 Å². The summed E-state index contributed by atoms with van der Waals surface area (Å²) in [6.07, 6.45) is 5.37. The third-order valence-corrected chi connectivity index (χ3v) is 4.98. The van der Waals surface area contributed by atoms with Gasteiger partial charge in [-0.15, -0.1) is 5.10 Å². The van der Waals surface area contributed by atoms with Crippen molar-refractivity contribution in [1.29, 1.82) is 0 Å². The van der Waals surface area contributed by atoms with Gasteiger partial charge in [-0.2, -0.15) is 5.10 Å². The zero-order chi connectivity index (χ0) is 20.1. The molecule has 4 rings (SSSR count). The molecule has 29 heavy (non-hydrogen) atoms. The lowest BCUT2D eigenvalue weighted by atomic mass is 10.3. The number of amides is 1. The quantitative estimate of drug-likeness (QED) is 0.595. The van der Waals surface area contributed by atoms with Crippen LogP contribution in [0.5, 0.6) is 0 Å². The first-order valence-corrected chi connectivity index (χ1v) is 9.91. The average molecular weight is 399 g/mol. The first kappa shape index (κ1) is 19.3. The summed E-state index contributed by atoms with van der Waals surface area (Å²) in [5, 5.41) is 14.1. The Bertz CT molecular complexity index is 907. The molecule has 1 aliphatic heterocycles. The van der Waals surface area contributed by atoms with Gasteiger partial charge in [-0.3, -0.25) is 14.2 Å². The molecule has 2 fully saturated rings. The third-order valence-electron chi connectivity index (χ3n) is 4.98. The summed E-state index contributed by atoms with van der Waals surface area (Å²) in [7, 11) is 0. The molecule has 1 aliphatic carbocycles. The van der Waals surface area contributed by atoms with Gasteiger partial charge in [-0.05, 0) is 12.8 Å². The van der Waals surface area contributed by atoms with Gasteiger partial charge in [-0.1, -0.05) is 0 Å². The van der Waals surface area contributed by atoms with Crippen molar-refractivity contribution in [2.24, 2.45) is 0 Å². The topological polar surface area (TPSA) is 114 Å². The Morgan fingerprint density at radius 1 is 1.21 bits per heavy atom. The second-order valence-corrected chi connectivity index (χ2v) is 7.23. The van der Waals surface area contributed by atoms with Crippen molar-refractivity contribution in [3.05, 3.63) is 40.7 Å². The maximum atomic E-state index is 12.1. The number of hydrogen-bond acceptors (Lipinski definition) is 8. The molecule has 2 N–H and O–H groups in total. The van der Waals surface area contributed by atoms with Crippen LogP contribution in [-0.4, -0.2) is 65.0 Å². The maximum Gasteiger partial charge on any atom is 0.254 e. The predicted octanol–water partition coefficient (Wildman–Crippen LogP) is -0.0244. The molecule has 10 nitrogen and oxygen atoms in total. The molecule has 0 unspecified atom stereocenters. The van der Waals surface area contributed by atoms with E-state index >= 15 is 0 Å². The molecular formula is C19H25N7O3. The summed E-state index contributed by atoms with van der Waals surface area (Å²) < 4.78 is 6.69. The van der Waals surface area contributed by atoms with Gasteiger partial charge < -0.3 is 20.3 Å². The van der Waals surface area contributed by atoms with E-state index in [9.17, 15) is 9.59 Å². The van der Waals surface area contributed by atoms with E-state index < -0.39 is 0 Å². The summed E-state index contributed by atoms with van der Waals surface area (Å²) in [6, 6.07) is 3.47. The van der Waals surface area contributed by atoms with Crippen LogP contribution < -0.4 is 21.1 Å². The van der Waals surface area contributed by atoms with Crippen LogP contribution in [0.2, 0.25) is 0 Å². The summed E-state index contributed by atoms with van der Waals surface area (Å²) >= 11 is 0. The molecule has 0 radical (unpaired) electrons. The summed E-state index contributed by atoms with van der Waals surface area (Å²) in [4.78, 5) is 30.7. The van der Waals surface area contributed by atoms with Crippen LogP contribution in [0.15, 0.2) is 29.5 Å². The monoisotopic (exact) mass is 399 g/mol. The molecular weight excluding hydrogens is 374 g/mol. The molecule has 1 saturated heterocycles. The number of morpholine rings is 1. The minimum atomic E-state index is -0.233. The highest BCUT2D eigenvalue weighted by Gasteiger charge is 2.25. The van der Waals surface area contributed by atoms with Crippen LogP contribution in [0.4, 0.5) is 11.5 Å². The standard InChI is InChI=1S/C19H25N7O3/c27-18(12-26-13-22-16(10-19(26)28)14-1-2-14)21-4-3-20-17-9-15(11-23-24-17)25-5-7-29-8-6-25/h9-11,13-14H,1-8,12H2,(H,20,24)(H,21,27). The Kier molecular flexibility index (Phi) is 5.99. The van der Waals surface area contributed by atoms with Crippen molar-refractivity contribution in [2.45, 2.75) is 25.3 Å². The Morgan fingerprint density at radius 3 is 2.79 bits per heavy atom. The molecule has 10 heteroatoms. The van der Waals surface area contributed by atoms with Gasteiger partial charge in [-0.25, -0.2) is 4.98 Å². The predicted molar refractivity (Wildman–Crippen MR) is 107 cm³/mol. The number of carbonyl (C=O) groups is 1. The van der Waals surface area contributed by atoms with Crippen molar-refractivity contribution in [1.82, 2.24) is 25.1 Å². The SMILES string of the molecule is O=C(Cn1cnc(C2CC2)cc1=O)NCCNc1cc(N2CCOCC2)cnn1. The van der Waals surface area contributed by atoms with Crippen LogP contribution in [0, 0.1) is 0 Å². The number of nitrogens with one attached hydrogen (secondary N) is 2. The lowest BCUT2D eigenvalue weighted by Gasteiger charge is -2.28. The molecule has 0 aromatic carbocycles. The third kappa shape index (κ3) is 5.29. The van der Waals surface area contributed by atoms with Crippen molar-refractivity contribution in [2.75, 3.05) is 49.6 Å². The van der Waals surface area contributed by atoms with Crippen LogP contribution in [0.3, 0.4) is 0 Å². The molecule has 2 aromatic heterocycles. The van der Waals surface area contributed by atoms with E-state index in [0.717, 1.165) is 37.3 Å². The molecule has 1 amide bonds. The zero-order valence-electron chi connectivity index (χ0n) is 16.2. The minimum Gasteiger partial charge on any atom is -0.378 e. The Labute approximate surface area is 168 Å². The highest BCUT2D eigenvalue weighted by Crippen LogP contribution is 2.38. The number of anilines is 2. The van der Waals surface area contributed by atoms with Gasteiger partial charge in [0.15, 0.2) is 5.82 Å². The molecule has 154 valence electrons. The summed E-state index contributed by atoms with van der Waals surface area (Å²) in [5.41, 5.74) is 1.64. The van der Waals surface area contributed by atoms with E-state index in [2.05, 4.69) is 30.7 Å². The van der Waals surface area contributed by atoms with E-state index in [1.165, 1.54) is 17.0 Å². The van der Waals surface area contributed by atoms with Crippen molar-refractivity contribution in [3.63, 3.8) is 0 Å². The lowest BCUT2D eigenvalue weighted by molar-refractivity contribution is -0.121.